The Morgan fingerprint density at radius 3 is 2.68 bits per heavy atom. The topological polar surface area (TPSA) is 111 Å². The molecule has 1 fully saturated rings. The Hall–Kier alpha value is -3.16. The van der Waals surface area contributed by atoms with Gasteiger partial charge in [-0.25, -0.2) is 0 Å². The number of carbonyl (C=O) groups is 3. The van der Waals surface area contributed by atoms with Gasteiger partial charge in [-0.2, -0.15) is 0 Å². The number of nitrogens with zero attached hydrogens (tertiary/aromatic N) is 2. The van der Waals surface area contributed by atoms with Crippen LogP contribution in [0.15, 0.2) is 35.1 Å². The number of nitrogens with one attached hydrogen (secondary N) is 1. The lowest BCUT2D eigenvalue weighted by atomic mass is 10.1. The molecule has 1 unspecified atom stereocenters. The van der Waals surface area contributed by atoms with E-state index < -0.39 is 5.97 Å². The molecule has 148 valence electrons. The summed E-state index contributed by atoms with van der Waals surface area (Å²) in [7, 11) is 0. The predicted molar refractivity (Wildman–Crippen MR) is 103 cm³/mol. The molecule has 1 aliphatic rings. The second kappa shape index (κ2) is 8.24. The summed E-state index contributed by atoms with van der Waals surface area (Å²) in [5, 5.41) is 9.74. The van der Waals surface area contributed by atoms with Gasteiger partial charge in [-0.15, -0.1) is 0 Å². The molecule has 28 heavy (non-hydrogen) atoms. The van der Waals surface area contributed by atoms with E-state index in [0.29, 0.717) is 48.8 Å². The van der Waals surface area contributed by atoms with E-state index in [2.05, 4.69) is 4.98 Å². The van der Waals surface area contributed by atoms with E-state index in [4.69, 9.17) is 5.11 Å². The molecule has 3 rings (SSSR count). The molecule has 1 aliphatic heterocycles. The number of carboxylic acids is 1. The van der Waals surface area contributed by atoms with Gasteiger partial charge in [0.1, 0.15) is 6.54 Å². The van der Waals surface area contributed by atoms with Crippen LogP contribution in [0.25, 0.3) is 10.9 Å². The first kappa shape index (κ1) is 19.6. The van der Waals surface area contributed by atoms with E-state index in [1.165, 1.54) is 17.9 Å². The molecule has 2 amide bonds. The van der Waals surface area contributed by atoms with Crippen molar-refractivity contribution < 1.29 is 19.5 Å². The van der Waals surface area contributed by atoms with Gasteiger partial charge in [0, 0.05) is 43.0 Å². The molecule has 1 saturated heterocycles. The third kappa shape index (κ3) is 4.21. The van der Waals surface area contributed by atoms with Crippen molar-refractivity contribution in [3.05, 3.63) is 46.2 Å². The highest BCUT2D eigenvalue weighted by Gasteiger charge is 2.28. The molecular weight excluding hydrogens is 362 g/mol. The Kier molecular flexibility index (Phi) is 5.77. The number of amides is 2. The monoisotopic (exact) mass is 385 g/mol. The number of rotatable bonds is 4. The number of pyridine rings is 1. The zero-order valence-electron chi connectivity index (χ0n) is 15.7. The van der Waals surface area contributed by atoms with E-state index in [0.717, 1.165) is 0 Å². The van der Waals surface area contributed by atoms with Crippen LogP contribution in [0.5, 0.6) is 0 Å². The summed E-state index contributed by atoms with van der Waals surface area (Å²) >= 11 is 0. The van der Waals surface area contributed by atoms with Gasteiger partial charge in [0.25, 0.3) is 5.91 Å². The van der Waals surface area contributed by atoms with Crippen molar-refractivity contribution in [2.24, 2.45) is 0 Å². The highest BCUT2D eigenvalue weighted by Crippen LogP contribution is 2.21. The third-order valence-electron chi connectivity index (χ3n) is 5.12. The lowest BCUT2D eigenvalue weighted by molar-refractivity contribution is -0.145. The average molecular weight is 385 g/mol. The van der Waals surface area contributed by atoms with Crippen LogP contribution in [0, 0.1) is 0 Å². The van der Waals surface area contributed by atoms with Crippen LogP contribution >= 0.6 is 0 Å². The van der Waals surface area contributed by atoms with Gasteiger partial charge in [0.05, 0.1) is 5.56 Å². The molecule has 0 saturated carbocycles. The molecular formula is C20H23N3O5. The van der Waals surface area contributed by atoms with Crippen LogP contribution < -0.4 is 5.56 Å². The van der Waals surface area contributed by atoms with Gasteiger partial charge in [-0.1, -0.05) is 18.2 Å². The fourth-order valence-electron chi connectivity index (χ4n) is 3.79. The predicted octanol–water partition coefficient (Wildman–Crippen LogP) is 1.46. The summed E-state index contributed by atoms with van der Waals surface area (Å²) in [4.78, 5) is 53.7. The fourth-order valence-corrected chi connectivity index (χ4v) is 3.79. The Balaban J connectivity index is 1.81. The van der Waals surface area contributed by atoms with E-state index in [9.17, 15) is 19.2 Å². The molecule has 8 nitrogen and oxygen atoms in total. The SMILES string of the molecule is CC(=O)N(CC(=O)O)C1CCCN(C(=O)c2cc(=O)[nH]c3ccccc23)CC1. The van der Waals surface area contributed by atoms with E-state index in [-0.39, 0.29) is 30.0 Å². The van der Waals surface area contributed by atoms with Gasteiger partial charge >= 0.3 is 5.97 Å². The highest BCUT2D eigenvalue weighted by atomic mass is 16.4. The number of aromatic nitrogens is 1. The molecule has 0 bridgehead atoms. The number of para-hydroxylation sites is 1. The molecule has 2 heterocycles. The summed E-state index contributed by atoms with van der Waals surface area (Å²) in [6, 6.07) is 8.25. The second-order valence-corrected chi connectivity index (χ2v) is 7.01. The number of hydrogen-bond acceptors (Lipinski definition) is 4. The molecule has 1 atom stereocenters. The largest absolute Gasteiger partial charge is 0.480 e. The van der Waals surface area contributed by atoms with E-state index >= 15 is 0 Å². The summed E-state index contributed by atoms with van der Waals surface area (Å²) in [5.41, 5.74) is 0.626. The van der Waals surface area contributed by atoms with Crippen molar-refractivity contribution in [3.63, 3.8) is 0 Å². The molecule has 1 aromatic heterocycles. The van der Waals surface area contributed by atoms with Crippen LogP contribution in [0.1, 0.15) is 36.5 Å². The molecule has 0 spiro atoms. The van der Waals surface area contributed by atoms with Crippen molar-refractivity contribution >= 4 is 28.7 Å². The van der Waals surface area contributed by atoms with Gasteiger partial charge in [0.15, 0.2) is 0 Å². The van der Waals surface area contributed by atoms with Gasteiger partial charge < -0.3 is 19.9 Å². The Morgan fingerprint density at radius 1 is 1.21 bits per heavy atom. The van der Waals surface area contributed by atoms with Crippen LogP contribution in [0.3, 0.4) is 0 Å². The Morgan fingerprint density at radius 2 is 1.96 bits per heavy atom. The van der Waals surface area contributed by atoms with Crippen molar-refractivity contribution in [1.29, 1.82) is 0 Å². The zero-order valence-corrected chi connectivity index (χ0v) is 15.7. The first-order valence-corrected chi connectivity index (χ1v) is 9.27. The van der Waals surface area contributed by atoms with Crippen LogP contribution in [-0.4, -0.2) is 63.4 Å². The van der Waals surface area contributed by atoms with Crippen molar-refractivity contribution in [2.75, 3.05) is 19.6 Å². The number of aromatic amines is 1. The molecule has 0 aliphatic carbocycles. The van der Waals surface area contributed by atoms with Crippen LogP contribution in [0.2, 0.25) is 0 Å². The maximum Gasteiger partial charge on any atom is 0.323 e. The van der Waals surface area contributed by atoms with Crippen molar-refractivity contribution in [3.8, 4) is 0 Å². The molecule has 1 aromatic carbocycles. The summed E-state index contributed by atoms with van der Waals surface area (Å²) < 4.78 is 0. The smallest absolute Gasteiger partial charge is 0.323 e. The maximum atomic E-state index is 13.1. The van der Waals surface area contributed by atoms with Crippen molar-refractivity contribution in [2.45, 2.75) is 32.2 Å². The number of fused-ring (bicyclic) bond motifs is 1. The second-order valence-electron chi connectivity index (χ2n) is 7.01. The van der Waals surface area contributed by atoms with Crippen LogP contribution in [0.4, 0.5) is 0 Å². The minimum atomic E-state index is -1.05. The maximum absolute atomic E-state index is 13.1. The quantitative estimate of drug-likeness (QED) is 0.828. The highest BCUT2D eigenvalue weighted by molar-refractivity contribution is 6.05. The van der Waals surface area contributed by atoms with Gasteiger partial charge in [-0.3, -0.25) is 19.2 Å². The Labute approximate surface area is 161 Å². The third-order valence-corrected chi connectivity index (χ3v) is 5.12. The van der Waals surface area contributed by atoms with Gasteiger partial charge in [0.2, 0.25) is 11.5 Å². The minimum Gasteiger partial charge on any atom is -0.480 e. The number of likely N-dealkylation sites (tertiary alicyclic amines) is 1. The lowest BCUT2D eigenvalue weighted by Gasteiger charge is -2.29. The van der Waals surface area contributed by atoms with Gasteiger partial charge in [-0.05, 0) is 25.3 Å². The summed E-state index contributed by atoms with van der Waals surface area (Å²) in [6.07, 6.45) is 1.79. The van der Waals surface area contributed by atoms with E-state index in [1.807, 2.05) is 6.07 Å². The first-order chi connectivity index (χ1) is 13.4. The fraction of sp³-hybridized carbons (Fsp3) is 0.400. The number of H-pyrrole nitrogens is 1. The number of benzene rings is 1. The molecule has 2 aromatic rings. The number of carboxylic acid groups (broad SMARTS) is 1. The zero-order chi connectivity index (χ0) is 20.3. The Bertz CT molecular complexity index is 968. The van der Waals surface area contributed by atoms with Crippen LogP contribution in [-0.2, 0) is 9.59 Å². The number of hydrogen-bond donors (Lipinski definition) is 2. The molecule has 0 radical (unpaired) electrons. The minimum absolute atomic E-state index is 0.220. The summed E-state index contributed by atoms with van der Waals surface area (Å²) in [5.74, 6) is -1.56. The number of carbonyl (C=O) groups excluding carboxylic acids is 2. The lowest BCUT2D eigenvalue weighted by Crippen LogP contribution is -2.43. The molecule has 2 N–H and O–H groups in total. The van der Waals surface area contributed by atoms with E-state index in [1.54, 1.807) is 23.1 Å². The molecule has 8 heteroatoms. The first-order valence-electron chi connectivity index (χ1n) is 9.27. The average Bonchev–Trinajstić information content (AvgIpc) is 2.90. The van der Waals surface area contributed by atoms with Crippen molar-refractivity contribution in [1.82, 2.24) is 14.8 Å². The summed E-state index contributed by atoms with van der Waals surface area (Å²) in [6.45, 7) is 1.91. The standard InChI is InChI=1S/C20H23N3O5/c1-13(24)23(12-19(26)27)14-5-4-9-22(10-8-14)20(28)16-11-18(25)21-17-7-3-2-6-15(16)17/h2-3,6-7,11,14H,4-5,8-10,12H2,1H3,(H,21,25)(H,26,27). The number of aliphatic carboxylic acids is 1. The normalized spacial score (nSPS) is 17.2.